The highest BCUT2D eigenvalue weighted by Crippen LogP contribution is 2.25. The van der Waals surface area contributed by atoms with Crippen molar-refractivity contribution >= 4 is 28.1 Å². The Morgan fingerprint density at radius 1 is 1.21 bits per heavy atom. The van der Waals surface area contributed by atoms with Crippen LogP contribution in [0.1, 0.15) is 22.3 Å². The van der Waals surface area contributed by atoms with Crippen molar-refractivity contribution in [3.63, 3.8) is 0 Å². The molecule has 0 heterocycles. The molecule has 0 aliphatic rings. The number of hydrogen-bond donors (Lipinski definition) is 2. The molecule has 5 nitrogen and oxygen atoms in total. The molecule has 0 unspecified atom stereocenters. The Kier molecular flexibility index (Phi) is 5.98. The molecule has 0 atom stereocenters. The molecule has 1 amide bonds. The van der Waals surface area contributed by atoms with E-state index in [9.17, 15) is 9.90 Å². The number of phenolic OH excluding ortho intramolecular Hbond substituents is 1. The van der Waals surface area contributed by atoms with Gasteiger partial charge in [0, 0.05) is 10.0 Å². The zero-order valence-electron chi connectivity index (χ0n) is 13.8. The number of hydrazone groups is 1. The number of nitrogens with one attached hydrogen (secondary N) is 1. The third-order valence-electron chi connectivity index (χ3n) is 3.54. The lowest BCUT2D eigenvalue weighted by Crippen LogP contribution is -2.24. The lowest BCUT2D eigenvalue weighted by Gasteiger charge is -2.07. The van der Waals surface area contributed by atoms with E-state index in [2.05, 4.69) is 26.5 Å². The maximum Gasteiger partial charge on any atom is 0.277 e. The van der Waals surface area contributed by atoms with E-state index in [-0.39, 0.29) is 18.3 Å². The summed E-state index contributed by atoms with van der Waals surface area (Å²) in [4.78, 5) is 11.8. The SMILES string of the molecule is Cc1ccc(OCC(=O)NN=Cc2cc(Br)cc(C)c2O)cc1C. The minimum Gasteiger partial charge on any atom is -0.507 e. The van der Waals surface area contributed by atoms with Crippen molar-refractivity contribution in [3.8, 4) is 11.5 Å². The van der Waals surface area contributed by atoms with E-state index in [0.29, 0.717) is 11.3 Å². The molecule has 0 saturated heterocycles. The minimum absolute atomic E-state index is 0.127. The highest BCUT2D eigenvalue weighted by atomic mass is 79.9. The van der Waals surface area contributed by atoms with Gasteiger partial charge in [-0.3, -0.25) is 4.79 Å². The van der Waals surface area contributed by atoms with Crippen LogP contribution in [0.15, 0.2) is 39.9 Å². The van der Waals surface area contributed by atoms with Gasteiger partial charge >= 0.3 is 0 Å². The van der Waals surface area contributed by atoms with Gasteiger partial charge in [-0.2, -0.15) is 5.10 Å². The molecule has 0 aliphatic carbocycles. The quantitative estimate of drug-likeness (QED) is 0.604. The van der Waals surface area contributed by atoms with Crippen molar-refractivity contribution in [2.75, 3.05) is 6.61 Å². The van der Waals surface area contributed by atoms with Crippen LogP contribution in [0.5, 0.6) is 11.5 Å². The summed E-state index contributed by atoms with van der Waals surface area (Å²) in [5, 5.41) is 13.8. The first-order valence-electron chi connectivity index (χ1n) is 7.38. The molecular formula is C18H19BrN2O3. The first kappa shape index (κ1) is 18.0. The number of benzene rings is 2. The molecule has 0 saturated carbocycles. The van der Waals surface area contributed by atoms with Crippen LogP contribution in [0.25, 0.3) is 0 Å². The molecule has 2 aromatic carbocycles. The molecule has 24 heavy (non-hydrogen) atoms. The topological polar surface area (TPSA) is 70.9 Å². The van der Waals surface area contributed by atoms with Crippen LogP contribution in [0.4, 0.5) is 0 Å². The summed E-state index contributed by atoms with van der Waals surface area (Å²) in [5.74, 6) is 0.385. The van der Waals surface area contributed by atoms with Crippen molar-refractivity contribution in [1.29, 1.82) is 0 Å². The van der Waals surface area contributed by atoms with Crippen LogP contribution in [0.3, 0.4) is 0 Å². The maximum atomic E-state index is 11.8. The lowest BCUT2D eigenvalue weighted by atomic mass is 10.1. The van der Waals surface area contributed by atoms with Gasteiger partial charge in [-0.15, -0.1) is 0 Å². The second-order valence-corrected chi connectivity index (χ2v) is 6.40. The molecule has 6 heteroatoms. The number of carbonyl (C=O) groups is 1. The summed E-state index contributed by atoms with van der Waals surface area (Å²) < 4.78 is 6.25. The average Bonchev–Trinajstić information content (AvgIpc) is 2.53. The number of amides is 1. The lowest BCUT2D eigenvalue weighted by molar-refractivity contribution is -0.123. The van der Waals surface area contributed by atoms with Crippen LogP contribution in [0.2, 0.25) is 0 Å². The van der Waals surface area contributed by atoms with Gasteiger partial charge in [0.2, 0.25) is 0 Å². The molecule has 0 fully saturated rings. The Morgan fingerprint density at radius 3 is 2.67 bits per heavy atom. The van der Waals surface area contributed by atoms with Crippen molar-refractivity contribution in [1.82, 2.24) is 5.43 Å². The summed E-state index contributed by atoms with van der Waals surface area (Å²) in [5.41, 5.74) is 5.87. The standard InChI is InChI=1S/C18H19BrN2O3/c1-11-4-5-16(7-12(11)2)24-10-17(22)21-20-9-14-8-15(19)6-13(3)18(14)23/h4-9,23H,10H2,1-3H3,(H,21,22). The largest absolute Gasteiger partial charge is 0.507 e. The molecule has 0 aromatic heterocycles. The van der Waals surface area contributed by atoms with Crippen LogP contribution >= 0.6 is 15.9 Å². The summed E-state index contributed by atoms with van der Waals surface area (Å²) in [6.07, 6.45) is 1.39. The Bertz CT molecular complexity index is 788. The number of aryl methyl sites for hydroxylation is 3. The molecule has 126 valence electrons. The molecule has 0 radical (unpaired) electrons. The number of phenols is 1. The number of carbonyl (C=O) groups excluding carboxylic acids is 1. The van der Waals surface area contributed by atoms with Gasteiger partial charge in [0.25, 0.3) is 5.91 Å². The first-order chi connectivity index (χ1) is 11.4. The van der Waals surface area contributed by atoms with E-state index in [1.807, 2.05) is 32.0 Å². The Labute approximate surface area is 149 Å². The smallest absolute Gasteiger partial charge is 0.277 e. The number of rotatable bonds is 5. The van der Waals surface area contributed by atoms with Crippen molar-refractivity contribution in [3.05, 3.63) is 57.1 Å². The Hall–Kier alpha value is -2.34. The highest BCUT2D eigenvalue weighted by molar-refractivity contribution is 9.10. The molecule has 2 rings (SSSR count). The van der Waals surface area contributed by atoms with Gasteiger partial charge < -0.3 is 9.84 Å². The summed E-state index contributed by atoms with van der Waals surface area (Å²) >= 11 is 3.35. The van der Waals surface area contributed by atoms with Gasteiger partial charge in [-0.05, 0) is 61.7 Å². The Morgan fingerprint density at radius 2 is 1.96 bits per heavy atom. The summed E-state index contributed by atoms with van der Waals surface area (Å²) in [6.45, 7) is 5.65. The Balaban J connectivity index is 1.90. The van der Waals surface area contributed by atoms with Gasteiger partial charge in [0.15, 0.2) is 6.61 Å². The second-order valence-electron chi connectivity index (χ2n) is 5.49. The predicted molar refractivity (Wildman–Crippen MR) is 97.7 cm³/mol. The van der Waals surface area contributed by atoms with Crippen LogP contribution < -0.4 is 10.2 Å². The summed E-state index contributed by atoms with van der Waals surface area (Å²) in [7, 11) is 0. The second kappa shape index (κ2) is 7.97. The number of hydrogen-bond acceptors (Lipinski definition) is 4. The normalized spacial score (nSPS) is 10.8. The van der Waals surface area contributed by atoms with Crippen molar-refractivity contribution < 1.29 is 14.6 Å². The van der Waals surface area contributed by atoms with Crippen LogP contribution in [-0.4, -0.2) is 23.8 Å². The molecule has 2 N–H and O–H groups in total. The van der Waals surface area contributed by atoms with Crippen LogP contribution in [-0.2, 0) is 4.79 Å². The molecule has 0 bridgehead atoms. The fourth-order valence-corrected chi connectivity index (χ4v) is 2.61. The fraction of sp³-hybridized carbons (Fsp3) is 0.222. The maximum absolute atomic E-state index is 11.8. The molecular weight excluding hydrogens is 372 g/mol. The van der Waals surface area contributed by atoms with E-state index < -0.39 is 0 Å². The van der Waals surface area contributed by atoms with Gasteiger partial charge in [-0.1, -0.05) is 22.0 Å². The van der Waals surface area contributed by atoms with E-state index >= 15 is 0 Å². The zero-order chi connectivity index (χ0) is 17.7. The third kappa shape index (κ3) is 4.83. The first-order valence-corrected chi connectivity index (χ1v) is 8.17. The zero-order valence-corrected chi connectivity index (χ0v) is 15.3. The van der Waals surface area contributed by atoms with Crippen molar-refractivity contribution in [2.24, 2.45) is 5.10 Å². The van der Waals surface area contributed by atoms with Crippen molar-refractivity contribution in [2.45, 2.75) is 20.8 Å². The number of aromatic hydroxyl groups is 1. The monoisotopic (exact) mass is 390 g/mol. The molecule has 0 spiro atoms. The van der Waals surface area contributed by atoms with E-state index in [4.69, 9.17) is 4.74 Å². The number of ether oxygens (including phenoxy) is 1. The number of nitrogens with zero attached hydrogens (tertiary/aromatic N) is 1. The average molecular weight is 391 g/mol. The fourth-order valence-electron chi connectivity index (χ4n) is 2.02. The molecule has 2 aromatic rings. The van der Waals surface area contributed by atoms with Gasteiger partial charge in [0.1, 0.15) is 11.5 Å². The van der Waals surface area contributed by atoms with Gasteiger partial charge in [-0.25, -0.2) is 5.43 Å². The van der Waals surface area contributed by atoms with Gasteiger partial charge in [0.05, 0.1) is 6.21 Å². The molecule has 0 aliphatic heterocycles. The predicted octanol–water partition coefficient (Wildman–Crippen LogP) is 3.61. The van der Waals surface area contributed by atoms with E-state index in [1.54, 1.807) is 19.1 Å². The number of halogens is 1. The third-order valence-corrected chi connectivity index (χ3v) is 3.99. The van der Waals surface area contributed by atoms with E-state index in [0.717, 1.165) is 15.6 Å². The minimum atomic E-state index is -0.379. The van der Waals surface area contributed by atoms with E-state index in [1.165, 1.54) is 11.8 Å². The van der Waals surface area contributed by atoms with Crippen LogP contribution in [0, 0.1) is 20.8 Å². The summed E-state index contributed by atoms with van der Waals surface area (Å²) in [6, 6.07) is 9.15. The highest BCUT2D eigenvalue weighted by Gasteiger charge is 2.05.